The molecule has 4 nitrogen and oxygen atoms in total. The van der Waals surface area contributed by atoms with Gasteiger partial charge in [-0.3, -0.25) is 4.79 Å². The van der Waals surface area contributed by atoms with Gasteiger partial charge in [0.2, 0.25) is 5.91 Å². The van der Waals surface area contributed by atoms with Crippen molar-refractivity contribution in [2.24, 2.45) is 0 Å². The van der Waals surface area contributed by atoms with Crippen molar-refractivity contribution >= 4 is 11.6 Å². The molecule has 0 unspecified atom stereocenters. The average Bonchev–Trinajstić information content (AvgIpc) is 2.40. The number of carbonyl (C=O) groups is 1. The smallest absolute Gasteiger partial charge is 0.250 e. The third-order valence-corrected chi connectivity index (χ3v) is 2.86. The van der Waals surface area contributed by atoms with Gasteiger partial charge < -0.3 is 15.4 Å². The van der Waals surface area contributed by atoms with Gasteiger partial charge in [0.05, 0.1) is 6.10 Å². The molecule has 5 heteroatoms. The van der Waals surface area contributed by atoms with E-state index < -0.39 is 0 Å². The van der Waals surface area contributed by atoms with Crippen LogP contribution in [0.5, 0.6) is 0 Å². The summed E-state index contributed by atoms with van der Waals surface area (Å²) in [6.45, 7) is 1.91. The monoisotopic (exact) mass is 252 g/mol. The van der Waals surface area contributed by atoms with E-state index >= 15 is 0 Å². The van der Waals surface area contributed by atoms with Crippen molar-refractivity contribution in [1.82, 2.24) is 5.32 Å². The molecule has 1 aromatic rings. The Labute approximate surface area is 106 Å². The van der Waals surface area contributed by atoms with Gasteiger partial charge in [-0.1, -0.05) is 0 Å². The Morgan fingerprint density at radius 2 is 2.00 bits per heavy atom. The van der Waals surface area contributed by atoms with E-state index in [4.69, 9.17) is 4.74 Å². The van der Waals surface area contributed by atoms with E-state index in [2.05, 4.69) is 10.6 Å². The second-order valence-corrected chi connectivity index (χ2v) is 4.32. The number of rotatable bonds is 4. The Morgan fingerprint density at radius 3 is 2.67 bits per heavy atom. The standard InChI is InChI=1S/C13H17FN2O2/c14-10-1-3-11(4-2-10)16-13(17)9-18-12-5-7-15-8-6-12/h1-4,12,15H,5-9H2,(H,16,17). The second-order valence-electron chi connectivity index (χ2n) is 4.32. The van der Waals surface area contributed by atoms with Crippen LogP contribution < -0.4 is 10.6 Å². The summed E-state index contributed by atoms with van der Waals surface area (Å²) in [5, 5.41) is 5.89. The lowest BCUT2D eigenvalue weighted by molar-refractivity contribution is -0.123. The van der Waals surface area contributed by atoms with Gasteiger partial charge in [-0.05, 0) is 50.2 Å². The topological polar surface area (TPSA) is 50.4 Å². The molecule has 0 spiro atoms. The highest BCUT2D eigenvalue weighted by Crippen LogP contribution is 2.09. The van der Waals surface area contributed by atoms with Gasteiger partial charge in [-0.15, -0.1) is 0 Å². The molecular weight excluding hydrogens is 235 g/mol. The summed E-state index contributed by atoms with van der Waals surface area (Å²) in [6, 6.07) is 5.67. The number of halogens is 1. The van der Waals surface area contributed by atoms with Gasteiger partial charge in [0.15, 0.2) is 0 Å². The highest BCUT2D eigenvalue weighted by Gasteiger charge is 2.14. The summed E-state index contributed by atoms with van der Waals surface area (Å²) in [6.07, 6.45) is 2.03. The lowest BCUT2D eigenvalue weighted by Gasteiger charge is -2.22. The van der Waals surface area contributed by atoms with Crippen molar-refractivity contribution in [1.29, 1.82) is 0 Å². The average molecular weight is 252 g/mol. The molecule has 1 aliphatic rings. The normalized spacial score (nSPS) is 16.5. The lowest BCUT2D eigenvalue weighted by Crippen LogP contribution is -2.34. The van der Waals surface area contributed by atoms with E-state index in [0.717, 1.165) is 25.9 Å². The maximum Gasteiger partial charge on any atom is 0.250 e. The van der Waals surface area contributed by atoms with Gasteiger partial charge in [0, 0.05) is 5.69 Å². The van der Waals surface area contributed by atoms with Crippen molar-refractivity contribution in [2.45, 2.75) is 18.9 Å². The van der Waals surface area contributed by atoms with Gasteiger partial charge in [0.25, 0.3) is 0 Å². The molecule has 1 amide bonds. The molecule has 0 bridgehead atoms. The fraction of sp³-hybridized carbons (Fsp3) is 0.462. The van der Waals surface area contributed by atoms with Crippen LogP contribution in [-0.4, -0.2) is 31.7 Å². The van der Waals surface area contributed by atoms with Crippen LogP contribution in [0.2, 0.25) is 0 Å². The first-order chi connectivity index (χ1) is 8.74. The SMILES string of the molecule is O=C(COC1CCNCC1)Nc1ccc(F)cc1. The highest BCUT2D eigenvalue weighted by atomic mass is 19.1. The second kappa shape index (κ2) is 6.47. The molecule has 0 radical (unpaired) electrons. The summed E-state index contributed by atoms with van der Waals surface area (Å²) in [5.74, 6) is -0.529. The fourth-order valence-electron chi connectivity index (χ4n) is 1.89. The zero-order valence-electron chi connectivity index (χ0n) is 10.1. The summed E-state index contributed by atoms with van der Waals surface area (Å²) >= 11 is 0. The number of ether oxygens (including phenoxy) is 1. The van der Waals surface area contributed by atoms with Crippen LogP contribution in [0.3, 0.4) is 0 Å². The minimum atomic E-state index is -0.320. The van der Waals surface area contributed by atoms with Crippen LogP contribution in [0.4, 0.5) is 10.1 Å². The number of amides is 1. The Hall–Kier alpha value is -1.46. The van der Waals surface area contributed by atoms with Crippen molar-refractivity contribution < 1.29 is 13.9 Å². The molecule has 1 fully saturated rings. The van der Waals surface area contributed by atoms with Crippen molar-refractivity contribution in [2.75, 3.05) is 25.0 Å². The van der Waals surface area contributed by atoms with E-state index in [0.29, 0.717) is 5.69 Å². The van der Waals surface area contributed by atoms with Crippen LogP contribution in [0, 0.1) is 5.82 Å². The van der Waals surface area contributed by atoms with E-state index in [1.807, 2.05) is 0 Å². The molecule has 1 aromatic carbocycles. The zero-order chi connectivity index (χ0) is 12.8. The van der Waals surface area contributed by atoms with E-state index in [9.17, 15) is 9.18 Å². The number of hydrogen-bond donors (Lipinski definition) is 2. The molecule has 18 heavy (non-hydrogen) atoms. The maximum atomic E-state index is 12.7. The lowest BCUT2D eigenvalue weighted by atomic mass is 10.1. The first-order valence-corrected chi connectivity index (χ1v) is 6.12. The minimum absolute atomic E-state index is 0.0437. The molecule has 2 rings (SSSR count). The molecule has 2 N–H and O–H groups in total. The summed E-state index contributed by atoms with van der Waals surface area (Å²) in [5.41, 5.74) is 0.579. The largest absolute Gasteiger partial charge is 0.368 e. The van der Waals surface area contributed by atoms with E-state index in [-0.39, 0.29) is 24.4 Å². The van der Waals surface area contributed by atoms with Crippen LogP contribution >= 0.6 is 0 Å². The molecule has 1 heterocycles. The van der Waals surface area contributed by atoms with Gasteiger partial charge in [-0.25, -0.2) is 4.39 Å². The van der Waals surface area contributed by atoms with Crippen LogP contribution in [0.15, 0.2) is 24.3 Å². The van der Waals surface area contributed by atoms with Crippen molar-refractivity contribution in [3.05, 3.63) is 30.1 Å². The van der Waals surface area contributed by atoms with Crippen LogP contribution in [0.1, 0.15) is 12.8 Å². The Bertz CT molecular complexity index is 388. The number of hydrogen-bond acceptors (Lipinski definition) is 3. The summed E-state index contributed by atoms with van der Waals surface area (Å²) in [4.78, 5) is 11.6. The predicted molar refractivity (Wildman–Crippen MR) is 66.9 cm³/mol. The molecule has 1 saturated heterocycles. The van der Waals surface area contributed by atoms with Gasteiger partial charge in [-0.2, -0.15) is 0 Å². The number of anilines is 1. The van der Waals surface area contributed by atoms with Gasteiger partial charge in [0.1, 0.15) is 12.4 Å². The first kappa shape index (κ1) is 13.0. The highest BCUT2D eigenvalue weighted by molar-refractivity contribution is 5.91. The Kier molecular flexibility index (Phi) is 4.66. The minimum Gasteiger partial charge on any atom is -0.368 e. The number of nitrogens with one attached hydrogen (secondary N) is 2. The van der Waals surface area contributed by atoms with Crippen LogP contribution in [0.25, 0.3) is 0 Å². The van der Waals surface area contributed by atoms with Crippen molar-refractivity contribution in [3.63, 3.8) is 0 Å². The number of carbonyl (C=O) groups excluding carboxylic acids is 1. The first-order valence-electron chi connectivity index (χ1n) is 6.12. The maximum absolute atomic E-state index is 12.7. The summed E-state index contributed by atoms with van der Waals surface area (Å²) < 4.78 is 18.2. The zero-order valence-corrected chi connectivity index (χ0v) is 10.1. The quantitative estimate of drug-likeness (QED) is 0.854. The predicted octanol–water partition coefficient (Wildman–Crippen LogP) is 1.53. The third kappa shape index (κ3) is 4.09. The Balaban J connectivity index is 1.73. The molecule has 0 saturated carbocycles. The molecule has 98 valence electrons. The molecular formula is C13H17FN2O2. The van der Waals surface area contributed by atoms with E-state index in [1.54, 1.807) is 0 Å². The van der Waals surface area contributed by atoms with Crippen molar-refractivity contribution in [3.8, 4) is 0 Å². The summed E-state index contributed by atoms with van der Waals surface area (Å²) in [7, 11) is 0. The van der Waals surface area contributed by atoms with Gasteiger partial charge >= 0.3 is 0 Å². The van der Waals surface area contributed by atoms with E-state index in [1.165, 1.54) is 24.3 Å². The third-order valence-electron chi connectivity index (χ3n) is 2.86. The Morgan fingerprint density at radius 1 is 1.33 bits per heavy atom. The molecule has 0 atom stereocenters. The number of piperidine rings is 1. The fourth-order valence-corrected chi connectivity index (χ4v) is 1.89. The molecule has 0 aromatic heterocycles. The molecule has 1 aliphatic heterocycles. The van der Waals surface area contributed by atoms with Crippen LogP contribution in [-0.2, 0) is 9.53 Å². The number of benzene rings is 1. The molecule has 0 aliphatic carbocycles.